The Bertz CT molecular complexity index is 924. The molecule has 0 bridgehead atoms. The third kappa shape index (κ3) is 11.2. The first-order valence-corrected chi connectivity index (χ1v) is 12.4. The van der Waals surface area contributed by atoms with Crippen molar-refractivity contribution in [1.29, 1.82) is 0 Å². The number of aliphatic carboxylic acids is 1. The number of hydrogen-bond donors (Lipinski definition) is 2. The van der Waals surface area contributed by atoms with Gasteiger partial charge in [-0.05, 0) is 42.4 Å². The molecule has 0 aliphatic heterocycles. The summed E-state index contributed by atoms with van der Waals surface area (Å²) in [5, 5.41) is 9.87. The predicted octanol–water partition coefficient (Wildman–Crippen LogP) is 4.28. The molecule has 0 saturated carbocycles. The van der Waals surface area contributed by atoms with Crippen LogP contribution in [0.15, 0.2) is 18.2 Å². The van der Waals surface area contributed by atoms with Crippen molar-refractivity contribution in [2.24, 2.45) is 23.5 Å². The Balaban J connectivity index is 3.17. The van der Waals surface area contributed by atoms with E-state index >= 15 is 0 Å². The molecule has 0 saturated heterocycles. The topological polar surface area (TPSA) is 142 Å². The molecule has 0 aliphatic rings. The molecule has 1 aromatic rings. The fourth-order valence-corrected chi connectivity index (χ4v) is 3.58. The van der Waals surface area contributed by atoms with Crippen LogP contribution in [0.1, 0.15) is 79.7 Å². The molecule has 0 aromatic heterocycles. The summed E-state index contributed by atoms with van der Waals surface area (Å²) in [7, 11) is 0. The fourth-order valence-electron chi connectivity index (χ4n) is 3.58. The van der Waals surface area contributed by atoms with Gasteiger partial charge in [-0.15, -0.1) is 0 Å². The lowest BCUT2D eigenvalue weighted by Crippen LogP contribution is -2.52. The number of nitrogens with two attached hydrogens (primary N) is 1. The van der Waals surface area contributed by atoms with Crippen molar-refractivity contribution in [2.75, 3.05) is 0 Å². The van der Waals surface area contributed by atoms with E-state index in [0.29, 0.717) is 5.56 Å². The number of carbonyl (C=O) groups excluding carboxylic acids is 3. The molecule has 1 rings (SSSR count). The highest BCUT2D eigenvalue weighted by atomic mass is 16.6. The zero-order valence-corrected chi connectivity index (χ0v) is 22.5. The number of esters is 3. The quantitative estimate of drug-likeness (QED) is 0.278. The van der Waals surface area contributed by atoms with Gasteiger partial charge in [0.05, 0.1) is 0 Å². The highest BCUT2D eigenvalue weighted by Crippen LogP contribution is 2.32. The monoisotopic (exact) mass is 507 g/mol. The van der Waals surface area contributed by atoms with E-state index in [2.05, 4.69) is 0 Å². The Kier molecular flexibility index (Phi) is 12.1. The minimum atomic E-state index is -1.76. The van der Waals surface area contributed by atoms with E-state index in [1.165, 1.54) is 12.1 Å². The van der Waals surface area contributed by atoms with Gasteiger partial charge in [0, 0.05) is 32.1 Å². The summed E-state index contributed by atoms with van der Waals surface area (Å²) in [6.07, 6.45) is -0.435. The Morgan fingerprint density at radius 3 is 1.75 bits per heavy atom. The lowest BCUT2D eigenvalue weighted by Gasteiger charge is -2.28. The molecule has 0 heterocycles. The molecule has 9 nitrogen and oxygen atoms in total. The van der Waals surface area contributed by atoms with Crippen molar-refractivity contribution >= 4 is 23.9 Å². The smallest absolute Gasteiger partial charge is 0.324 e. The SMILES string of the molecule is CC(C)CC(=O)Oc1ccc(CC(N)(C[C@H](C)OC(=O)CC(C)C)C(=O)O)cc1OC(=O)CC(C)C. The third-order valence-corrected chi connectivity index (χ3v) is 5.11. The van der Waals surface area contributed by atoms with Crippen LogP contribution in [0, 0.1) is 17.8 Å². The van der Waals surface area contributed by atoms with Crippen LogP contribution in [0.25, 0.3) is 0 Å². The minimum Gasteiger partial charge on any atom is -0.480 e. The fraction of sp³-hybridized carbons (Fsp3) is 0.630. The van der Waals surface area contributed by atoms with E-state index in [1.807, 2.05) is 41.5 Å². The van der Waals surface area contributed by atoms with Crippen LogP contribution in [0.4, 0.5) is 0 Å². The van der Waals surface area contributed by atoms with Crippen molar-refractivity contribution < 1.29 is 38.5 Å². The molecular weight excluding hydrogens is 466 g/mol. The first-order valence-electron chi connectivity index (χ1n) is 12.4. The second-order valence-corrected chi connectivity index (χ2v) is 10.7. The van der Waals surface area contributed by atoms with Gasteiger partial charge in [0.25, 0.3) is 0 Å². The van der Waals surface area contributed by atoms with Gasteiger partial charge in [-0.25, -0.2) is 0 Å². The minimum absolute atomic E-state index is 0.0133. The third-order valence-electron chi connectivity index (χ3n) is 5.11. The maximum absolute atomic E-state index is 12.3. The number of rotatable bonds is 14. The Labute approximate surface area is 213 Å². The number of hydrogen-bond acceptors (Lipinski definition) is 8. The second-order valence-electron chi connectivity index (χ2n) is 10.7. The maximum Gasteiger partial charge on any atom is 0.324 e. The van der Waals surface area contributed by atoms with Crippen LogP contribution < -0.4 is 15.2 Å². The number of carboxylic acids is 1. The van der Waals surface area contributed by atoms with Crippen molar-refractivity contribution in [3.8, 4) is 11.5 Å². The van der Waals surface area contributed by atoms with Crippen LogP contribution in [-0.4, -0.2) is 40.6 Å². The number of carboxylic acid groups (broad SMARTS) is 1. The first kappa shape index (κ1) is 31.1. The molecule has 1 aromatic carbocycles. The van der Waals surface area contributed by atoms with Gasteiger partial charge in [-0.3, -0.25) is 19.2 Å². The largest absolute Gasteiger partial charge is 0.480 e. The van der Waals surface area contributed by atoms with Crippen LogP contribution in [0.2, 0.25) is 0 Å². The summed E-state index contributed by atoms with van der Waals surface area (Å²) in [4.78, 5) is 48.7. The molecule has 1 unspecified atom stereocenters. The van der Waals surface area contributed by atoms with Gasteiger partial charge in [0.2, 0.25) is 0 Å². The maximum atomic E-state index is 12.3. The molecule has 3 N–H and O–H groups in total. The van der Waals surface area contributed by atoms with E-state index in [0.717, 1.165) is 0 Å². The summed E-state index contributed by atoms with van der Waals surface area (Å²) in [6, 6.07) is 4.48. The highest BCUT2D eigenvalue weighted by molar-refractivity contribution is 5.80. The molecule has 36 heavy (non-hydrogen) atoms. The Morgan fingerprint density at radius 2 is 1.28 bits per heavy atom. The van der Waals surface area contributed by atoms with E-state index in [-0.39, 0.29) is 61.4 Å². The summed E-state index contributed by atoms with van der Waals surface area (Å²) in [5.41, 5.74) is 4.96. The first-order chi connectivity index (χ1) is 16.6. The molecule has 0 fully saturated rings. The summed E-state index contributed by atoms with van der Waals surface area (Å²) < 4.78 is 16.2. The van der Waals surface area contributed by atoms with E-state index < -0.39 is 35.5 Å². The second kappa shape index (κ2) is 14.0. The van der Waals surface area contributed by atoms with Gasteiger partial charge in [0.15, 0.2) is 11.5 Å². The number of carbonyl (C=O) groups is 4. The average molecular weight is 508 g/mol. The van der Waals surface area contributed by atoms with Crippen LogP contribution in [0.5, 0.6) is 11.5 Å². The van der Waals surface area contributed by atoms with Crippen LogP contribution in [0.3, 0.4) is 0 Å². The molecule has 2 atom stereocenters. The molecule has 0 amide bonds. The van der Waals surface area contributed by atoms with E-state index in [9.17, 15) is 24.3 Å². The molecular formula is C27H41NO8. The van der Waals surface area contributed by atoms with Gasteiger partial charge in [-0.1, -0.05) is 47.6 Å². The molecule has 9 heteroatoms. The standard InChI is InChI=1S/C27H41NO8/c1-16(2)10-23(29)34-19(7)14-27(28,26(32)33)15-20-8-9-21(35-24(30)11-17(3)4)22(13-20)36-25(31)12-18(5)6/h8-9,13,16-19H,10-12,14-15,28H2,1-7H3,(H,32,33)/t19-,27?/m0/s1. The Hall–Kier alpha value is -2.94. The lowest BCUT2D eigenvalue weighted by molar-refractivity contribution is -0.154. The summed E-state index contributed by atoms with van der Waals surface area (Å²) in [5.74, 6) is -2.35. The van der Waals surface area contributed by atoms with Gasteiger partial charge >= 0.3 is 23.9 Å². The highest BCUT2D eigenvalue weighted by Gasteiger charge is 2.37. The molecule has 0 aliphatic carbocycles. The van der Waals surface area contributed by atoms with Crippen molar-refractivity contribution in [2.45, 2.75) is 92.2 Å². The summed E-state index contributed by atoms with van der Waals surface area (Å²) >= 11 is 0. The number of benzene rings is 1. The summed E-state index contributed by atoms with van der Waals surface area (Å²) in [6.45, 7) is 12.8. The van der Waals surface area contributed by atoms with Crippen molar-refractivity contribution in [3.63, 3.8) is 0 Å². The molecule has 0 spiro atoms. The normalized spacial score (nSPS) is 13.9. The zero-order chi connectivity index (χ0) is 27.6. The van der Waals surface area contributed by atoms with Crippen LogP contribution in [-0.2, 0) is 30.3 Å². The van der Waals surface area contributed by atoms with E-state index in [1.54, 1.807) is 13.0 Å². The average Bonchev–Trinajstić information content (AvgIpc) is 2.67. The van der Waals surface area contributed by atoms with Gasteiger partial charge in [-0.2, -0.15) is 0 Å². The van der Waals surface area contributed by atoms with Crippen LogP contribution >= 0.6 is 0 Å². The lowest BCUT2D eigenvalue weighted by atomic mass is 9.86. The molecule has 202 valence electrons. The Morgan fingerprint density at radius 1 is 0.806 bits per heavy atom. The van der Waals surface area contributed by atoms with Crippen molar-refractivity contribution in [1.82, 2.24) is 0 Å². The number of ether oxygens (including phenoxy) is 3. The zero-order valence-electron chi connectivity index (χ0n) is 22.5. The predicted molar refractivity (Wildman–Crippen MR) is 135 cm³/mol. The van der Waals surface area contributed by atoms with Gasteiger partial charge < -0.3 is 25.1 Å². The molecule has 0 radical (unpaired) electrons. The van der Waals surface area contributed by atoms with Crippen molar-refractivity contribution in [3.05, 3.63) is 23.8 Å². The van der Waals surface area contributed by atoms with E-state index in [4.69, 9.17) is 19.9 Å². The van der Waals surface area contributed by atoms with Gasteiger partial charge in [0.1, 0.15) is 11.6 Å².